The van der Waals surface area contributed by atoms with E-state index in [9.17, 15) is 14.3 Å². The third kappa shape index (κ3) is 7.94. The topological polar surface area (TPSA) is 52.6 Å². The van der Waals surface area contributed by atoms with E-state index in [1.807, 2.05) is 26.0 Å². The molecule has 1 amide bonds. The molecule has 2 N–H and O–H groups in total. The first-order chi connectivity index (χ1) is 15.9. The first-order valence-electron chi connectivity index (χ1n) is 12.5. The van der Waals surface area contributed by atoms with Gasteiger partial charge < -0.3 is 15.3 Å². The second-order valence-electron chi connectivity index (χ2n) is 9.63. The van der Waals surface area contributed by atoms with Gasteiger partial charge in [0, 0.05) is 17.2 Å². The molecule has 1 fully saturated rings. The fourth-order valence-electron chi connectivity index (χ4n) is 4.57. The van der Waals surface area contributed by atoms with Crippen molar-refractivity contribution in [2.24, 2.45) is 5.92 Å². The zero-order chi connectivity index (χ0) is 23.6. The molecular weight excluding hydrogens is 415 g/mol. The fraction of sp³-hybridized carbons (Fsp3) is 0.536. The van der Waals surface area contributed by atoms with Crippen LogP contribution in [0.5, 0.6) is 0 Å². The fourth-order valence-corrected chi connectivity index (χ4v) is 4.57. The van der Waals surface area contributed by atoms with Gasteiger partial charge in [-0.3, -0.25) is 4.79 Å². The summed E-state index contributed by atoms with van der Waals surface area (Å²) >= 11 is 0. The molecule has 1 saturated heterocycles. The number of carbonyl (C=O) groups excluding carboxylic acids is 1. The molecule has 0 radical (unpaired) electrons. The zero-order valence-electron chi connectivity index (χ0n) is 20.1. The Kier molecular flexibility index (Phi) is 9.89. The van der Waals surface area contributed by atoms with Crippen molar-refractivity contribution in [3.63, 3.8) is 0 Å². The number of halogens is 1. The predicted molar refractivity (Wildman–Crippen MR) is 133 cm³/mol. The lowest BCUT2D eigenvalue weighted by Crippen LogP contribution is -2.33. The smallest absolute Gasteiger partial charge is 0.226 e. The summed E-state index contributed by atoms with van der Waals surface area (Å²) in [6.07, 6.45) is 6.49. The lowest BCUT2D eigenvalue weighted by Gasteiger charge is -2.32. The van der Waals surface area contributed by atoms with Gasteiger partial charge in [0.25, 0.3) is 0 Å². The molecule has 1 heterocycles. The molecule has 5 heteroatoms. The highest BCUT2D eigenvalue weighted by Crippen LogP contribution is 2.30. The number of benzene rings is 2. The number of likely N-dealkylation sites (tertiary alicyclic amines) is 1. The van der Waals surface area contributed by atoms with E-state index in [4.69, 9.17) is 0 Å². The number of anilines is 1. The number of nitrogens with zero attached hydrogens (tertiary/aromatic N) is 1. The quantitative estimate of drug-likeness (QED) is 0.393. The van der Waals surface area contributed by atoms with Crippen LogP contribution in [0.1, 0.15) is 81.9 Å². The van der Waals surface area contributed by atoms with Gasteiger partial charge in [0.2, 0.25) is 5.91 Å². The van der Waals surface area contributed by atoms with Crippen LogP contribution in [-0.4, -0.2) is 35.5 Å². The molecule has 33 heavy (non-hydrogen) atoms. The maximum atomic E-state index is 13.7. The van der Waals surface area contributed by atoms with Crippen LogP contribution >= 0.6 is 0 Å². The van der Waals surface area contributed by atoms with E-state index in [1.54, 1.807) is 18.2 Å². The Bertz CT molecular complexity index is 878. The minimum absolute atomic E-state index is 0.0196. The van der Waals surface area contributed by atoms with Crippen molar-refractivity contribution in [3.05, 3.63) is 65.5 Å². The molecule has 1 aliphatic heterocycles. The maximum absolute atomic E-state index is 13.7. The maximum Gasteiger partial charge on any atom is 0.226 e. The summed E-state index contributed by atoms with van der Waals surface area (Å²) in [6, 6.07) is 14.8. The van der Waals surface area contributed by atoms with Gasteiger partial charge in [-0.05, 0) is 75.0 Å². The lowest BCUT2D eigenvalue weighted by molar-refractivity contribution is -0.118. The number of piperidine rings is 1. The molecule has 1 unspecified atom stereocenters. The summed E-state index contributed by atoms with van der Waals surface area (Å²) in [5.74, 6) is 0.273. The normalized spacial score (nSPS) is 16.2. The molecule has 2 aromatic carbocycles. The van der Waals surface area contributed by atoms with E-state index in [1.165, 1.54) is 11.6 Å². The third-order valence-corrected chi connectivity index (χ3v) is 6.70. The molecule has 0 bridgehead atoms. The molecule has 0 aliphatic carbocycles. The Labute approximate surface area is 198 Å². The van der Waals surface area contributed by atoms with E-state index in [2.05, 4.69) is 22.3 Å². The van der Waals surface area contributed by atoms with Gasteiger partial charge in [-0.25, -0.2) is 4.39 Å². The van der Waals surface area contributed by atoms with Gasteiger partial charge in [0.1, 0.15) is 5.82 Å². The van der Waals surface area contributed by atoms with Crippen LogP contribution in [-0.2, 0) is 4.79 Å². The van der Waals surface area contributed by atoms with Crippen LogP contribution in [0.4, 0.5) is 10.1 Å². The lowest BCUT2D eigenvalue weighted by atomic mass is 9.89. The number of nitrogens with one attached hydrogen (secondary N) is 1. The van der Waals surface area contributed by atoms with Gasteiger partial charge in [-0.2, -0.15) is 0 Å². The van der Waals surface area contributed by atoms with E-state index in [-0.39, 0.29) is 17.6 Å². The van der Waals surface area contributed by atoms with E-state index in [0.717, 1.165) is 63.8 Å². The van der Waals surface area contributed by atoms with Gasteiger partial charge >= 0.3 is 0 Å². The molecule has 4 nitrogen and oxygen atoms in total. The summed E-state index contributed by atoms with van der Waals surface area (Å²) in [5, 5.41) is 13.2. The van der Waals surface area contributed by atoms with Crippen LogP contribution in [0.3, 0.4) is 0 Å². The van der Waals surface area contributed by atoms with Crippen LogP contribution < -0.4 is 5.32 Å². The number of unbranched alkanes of at least 4 members (excludes halogenated alkanes) is 3. The number of aliphatic hydroxyl groups excluding tert-OH is 1. The highest BCUT2D eigenvalue weighted by molar-refractivity contribution is 5.92. The van der Waals surface area contributed by atoms with Crippen molar-refractivity contribution < 1.29 is 14.3 Å². The standard InChI is InChI=1S/C28H39FN2O2/c1-21(2)28(33)30-24-11-9-10-23(20-24)22-15-18-31(19-16-22)17-8-4-3-5-14-27(32)25-12-6-7-13-26(25)29/h6-7,9-13,20-22,27,32H,3-5,8,14-19H2,1-2H3,(H,30,33). The highest BCUT2D eigenvalue weighted by atomic mass is 19.1. The predicted octanol–water partition coefficient (Wildman–Crippen LogP) is 6.28. The molecule has 2 aromatic rings. The van der Waals surface area contributed by atoms with Gasteiger partial charge in [0.05, 0.1) is 6.10 Å². The summed E-state index contributed by atoms with van der Waals surface area (Å²) in [7, 11) is 0. The van der Waals surface area contributed by atoms with Crippen LogP contribution in [0.2, 0.25) is 0 Å². The largest absolute Gasteiger partial charge is 0.388 e. The molecule has 180 valence electrons. The second-order valence-corrected chi connectivity index (χ2v) is 9.63. The second kappa shape index (κ2) is 12.9. The summed E-state index contributed by atoms with van der Waals surface area (Å²) < 4.78 is 13.7. The Morgan fingerprint density at radius 1 is 1.06 bits per heavy atom. The molecule has 0 saturated carbocycles. The van der Waals surface area contributed by atoms with Gasteiger partial charge in [-0.15, -0.1) is 0 Å². The van der Waals surface area contributed by atoms with E-state index < -0.39 is 6.10 Å². The van der Waals surface area contributed by atoms with Crippen molar-refractivity contribution in [1.29, 1.82) is 0 Å². The van der Waals surface area contributed by atoms with Crippen molar-refractivity contribution in [1.82, 2.24) is 4.90 Å². The average molecular weight is 455 g/mol. The summed E-state index contributed by atoms with van der Waals surface area (Å²) in [4.78, 5) is 14.5. The molecular formula is C28H39FN2O2. The van der Waals surface area contributed by atoms with E-state index in [0.29, 0.717) is 17.9 Å². The van der Waals surface area contributed by atoms with Gasteiger partial charge in [-0.1, -0.05) is 63.4 Å². The Morgan fingerprint density at radius 3 is 2.52 bits per heavy atom. The summed E-state index contributed by atoms with van der Waals surface area (Å²) in [6.45, 7) is 7.15. The number of hydrogen-bond donors (Lipinski definition) is 2. The molecule has 0 aromatic heterocycles. The minimum atomic E-state index is -0.706. The third-order valence-electron chi connectivity index (χ3n) is 6.70. The molecule has 3 rings (SSSR count). The Morgan fingerprint density at radius 2 is 1.79 bits per heavy atom. The van der Waals surface area contributed by atoms with E-state index >= 15 is 0 Å². The average Bonchev–Trinajstić information content (AvgIpc) is 2.82. The number of amides is 1. The zero-order valence-corrected chi connectivity index (χ0v) is 20.1. The number of hydrogen-bond acceptors (Lipinski definition) is 3. The number of aliphatic hydroxyl groups is 1. The van der Waals surface area contributed by atoms with Crippen molar-refractivity contribution in [2.75, 3.05) is 25.0 Å². The SMILES string of the molecule is CC(C)C(=O)Nc1cccc(C2CCN(CCCCCCC(O)c3ccccc3F)CC2)c1. The van der Waals surface area contributed by atoms with Gasteiger partial charge in [0.15, 0.2) is 0 Å². The molecule has 0 spiro atoms. The summed E-state index contributed by atoms with van der Waals surface area (Å²) in [5.41, 5.74) is 2.63. The number of carbonyl (C=O) groups is 1. The van der Waals surface area contributed by atoms with Crippen molar-refractivity contribution in [3.8, 4) is 0 Å². The first kappa shape index (κ1) is 25.4. The minimum Gasteiger partial charge on any atom is -0.388 e. The number of rotatable bonds is 11. The van der Waals surface area contributed by atoms with Crippen LogP contribution in [0.15, 0.2) is 48.5 Å². The van der Waals surface area contributed by atoms with Crippen molar-refractivity contribution in [2.45, 2.75) is 70.8 Å². The first-order valence-corrected chi connectivity index (χ1v) is 12.5. The highest BCUT2D eigenvalue weighted by Gasteiger charge is 2.21. The van der Waals surface area contributed by atoms with Crippen molar-refractivity contribution >= 4 is 11.6 Å². The Hall–Kier alpha value is -2.24. The van der Waals surface area contributed by atoms with Crippen LogP contribution in [0, 0.1) is 11.7 Å². The monoisotopic (exact) mass is 454 g/mol. The van der Waals surface area contributed by atoms with Crippen LogP contribution in [0.25, 0.3) is 0 Å². The molecule has 1 aliphatic rings. The molecule has 1 atom stereocenters. The Balaban J connectivity index is 1.31.